The summed E-state index contributed by atoms with van der Waals surface area (Å²) in [4.78, 5) is 0. The third-order valence-electron chi connectivity index (χ3n) is 6.82. The van der Waals surface area contributed by atoms with E-state index in [1.165, 1.54) is 81.8 Å². The molecule has 0 amide bonds. The Morgan fingerprint density at radius 1 is 0.800 bits per heavy atom. The number of aryl methyl sites for hydroxylation is 1. The SMILES string of the molecule is CCCc1ccc(C#CC2CCC(C3CCC(CC)CC3)CC2)cc1. The molecular weight excluding hydrogens is 300 g/mol. The van der Waals surface area contributed by atoms with E-state index in [9.17, 15) is 0 Å². The highest BCUT2D eigenvalue weighted by molar-refractivity contribution is 5.36. The highest BCUT2D eigenvalue weighted by atomic mass is 14.3. The molecule has 0 N–H and O–H groups in total. The van der Waals surface area contributed by atoms with Crippen molar-refractivity contribution in [3.63, 3.8) is 0 Å². The molecule has 0 radical (unpaired) electrons. The molecule has 0 atom stereocenters. The summed E-state index contributed by atoms with van der Waals surface area (Å²) in [6.45, 7) is 4.60. The smallest absolute Gasteiger partial charge is 0.0245 e. The van der Waals surface area contributed by atoms with Crippen LogP contribution in [0.1, 0.15) is 89.2 Å². The van der Waals surface area contributed by atoms with Crippen LogP contribution in [0, 0.1) is 35.5 Å². The normalized spacial score (nSPS) is 29.7. The molecule has 2 fully saturated rings. The maximum absolute atomic E-state index is 3.58. The van der Waals surface area contributed by atoms with Crippen LogP contribution in [-0.2, 0) is 6.42 Å². The molecule has 0 unspecified atom stereocenters. The number of hydrogen-bond acceptors (Lipinski definition) is 0. The molecule has 0 heteroatoms. The molecule has 136 valence electrons. The second kappa shape index (κ2) is 9.47. The largest absolute Gasteiger partial charge is 0.0945 e. The predicted octanol–water partition coefficient (Wildman–Crippen LogP) is 7.01. The third-order valence-corrected chi connectivity index (χ3v) is 6.82. The molecule has 1 aromatic carbocycles. The minimum Gasteiger partial charge on any atom is -0.0945 e. The Bertz CT molecular complexity index is 554. The van der Waals surface area contributed by atoms with Crippen LogP contribution in [0.5, 0.6) is 0 Å². The van der Waals surface area contributed by atoms with Crippen LogP contribution in [0.15, 0.2) is 24.3 Å². The lowest BCUT2D eigenvalue weighted by atomic mass is 9.69. The van der Waals surface area contributed by atoms with Gasteiger partial charge in [0.15, 0.2) is 0 Å². The average molecular weight is 337 g/mol. The molecule has 3 rings (SSSR count). The fourth-order valence-corrected chi connectivity index (χ4v) is 5.03. The quantitative estimate of drug-likeness (QED) is 0.518. The highest BCUT2D eigenvalue weighted by Gasteiger charge is 2.29. The topological polar surface area (TPSA) is 0 Å². The standard InChI is InChI=1S/C25H36/c1-3-5-21-6-8-22(9-7-21)10-11-23-14-18-25(19-15-23)24-16-12-20(4-2)13-17-24/h6-9,20,23-25H,3-5,12-19H2,1-2H3. The maximum Gasteiger partial charge on any atom is 0.0245 e. The number of benzene rings is 1. The minimum atomic E-state index is 0.638. The summed E-state index contributed by atoms with van der Waals surface area (Å²) < 4.78 is 0. The molecule has 2 aliphatic rings. The van der Waals surface area contributed by atoms with Crippen LogP contribution in [0.4, 0.5) is 0 Å². The molecule has 2 saturated carbocycles. The van der Waals surface area contributed by atoms with Gasteiger partial charge < -0.3 is 0 Å². The molecule has 0 aliphatic heterocycles. The summed E-state index contributed by atoms with van der Waals surface area (Å²) in [6.07, 6.45) is 15.3. The van der Waals surface area contributed by atoms with Crippen molar-refractivity contribution in [1.29, 1.82) is 0 Å². The van der Waals surface area contributed by atoms with Gasteiger partial charge in [-0.2, -0.15) is 0 Å². The fraction of sp³-hybridized carbons (Fsp3) is 0.680. The van der Waals surface area contributed by atoms with Gasteiger partial charge in [-0.3, -0.25) is 0 Å². The Balaban J connectivity index is 1.45. The summed E-state index contributed by atoms with van der Waals surface area (Å²) in [7, 11) is 0. The van der Waals surface area contributed by atoms with E-state index in [4.69, 9.17) is 0 Å². The van der Waals surface area contributed by atoms with E-state index >= 15 is 0 Å². The van der Waals surface area contributed by atoms with Crippen LogP contribution < -0.4 is 0 Å². The second-order valence-electron chi connectivity index (χ2n) is 8.52. The maximum atomic E-state index is 3.58. The van der Waals surface area contributed by atoms with Gasteiger partial charge in [-0.15, -0.1) is 0 Å². The summed E-state index contributed by atoms with van der Waals surface area (Å²) in [5.41, 5.74) is 2.63. The Kier molecular flexibility index (Phi) is 7.03. The van der Waals surface area contributed by atoms with Crippen molar-refractivity contribution >= 4 is 0 Å². The molecule has 1 aromatic rings. The van der Waals surface area contributed by atoms with E-state index in [-0.39, 0.29) is 0 Å². The average Bonchev–Trinajstić information content (AvgIpc) is 2.68. The van der Waals surface area contributed by atoms with Crippen molar-refractivity contribution in [2.75, 3.05) is 0 Å². The third kappa shape index (κ3) is 5.37. The van der Waals surface area contributed by atoms with Crippen molar-refractivity contribution < 1.29 is 0 Å². The summed E-state index contributed by atoms with van der Waals surface area (Å²) in [5, 5.41) is 0. The van der Waals surface area contributed by atoms with Crippen LogP contribution in [-0.4, -0.2) is 0 Å². The van der Waals surface area contributed by atoms with E-state index in [0.29, 0.717) is 5.92 Å². The van der Waals surface area contributed by atoms with Gasteiger partial charge in [-0.1, -0.05) is 63.5 Å². The zero-order valence-corrected chi connectivity index (χ0v) is 16.4. The van der Waals surface area contributed by atoms with Gasteiger partial charge in [0.1, 0.15) is 0 Å². The lowest BCUT2D eigenvalue weighted by Gasteiger charge is -2.36. The summed E-state index contributed by atoms with van der Waals surface area (Å²) in [6, 6.07) is 8.90. The lowest BCUT2D eigenvalue weighted by molar-refractivity contribution is 0.156. The molecule has 0 heterocycles. The lowest BCUT2D eigenvalue weighted by Crippen LogP contribution is -2.25. The zero-order valence-electron chi connectivity index (χ0n) is 16.4. The Hall–Kier alpha value is -1.22. The predicted molar refractivity (Wildman–Crippen MR) is 109 cm³/mol. The van der Waals surface area contributed by atoms with Gasteiger partial charge in [0.25, 0.3) is 0 Å². The molecule has 0 bridgehead atoms. The summed E-state index contributed by atoms with van der Waals surface area (Å²) in [5.74, 6) is 10.7. The van der Waals surface area contributed by atoms with Crippen molar-refractivity contribution in [3.8, 4) is 11.8 Å². The van der Waals surface area contributed by atoms with E-state index in [1.807, 2.05) is 0 Å². The Morgan fingerprint density at radius 3 is 1.96 bits per heavy atom. The molecule has 0 nitrogen and oxygen atoms in total. The fourth-order valence-electron chi connectivity index (χ4n) is 5.03. The summed E-state index contributed by atoms with van der Waals surface area (Å²) >= 11 is 0. The van der Waals surface area contributed by atoms with Crippen molar-refractivity contribution in [2.24, 2.45) is 23.7 Å². The first-order valence-electron chi connectivity index (χ1n) is 10.9. The first kappa shape index (κ1) is 18.6. The van der Waals surface area contributed by atoms with Crippen molar-refractivity contribution in [2.45, 2.75) is 84.5 Å². The molecule has 2 aliphatic carbocycles. The second-order valence-corrected chi connectivity index (χ2v) is 8.52. The van der Waals surface area contributed by atoms with Crippen LogP contribution in [0.2, 0.25) is 0 Å². The van der Waals surface area contributed by atoms with Gasteiger partial charge in [0, 0.05) is 11.5 Å². The molecule has 25 heavy (non-hydrogen) atoms. The van der Waals surface area contributed by atoms with Crippen LogP contribution in [0.25, 0.3) is 0 Å². The van der Waals surface area contributed by atoms with Gasteiger partial charge >= 0.3 is 0 Å². The van der Waals surface area contributed by atoms with E-state index < -0.39 is 0 Å². The van der Waals surface area contributed by atoms with E-state index in [2.05, 4.69) is 50.0 Å². The number of hydrogen-bond donors (Lipinski definition) is 0. The van der Waals surface area contributed by atoms with Gasteiger partial charge in [0.2, 0.25) is 0 Å². The molecular formula is C25H36. The van der Waals surface area contributed by atoms with E-state index in [0.717, 1.165) is 17.8 Å². The monoisotopic (exact) mass is 336 g/mol. The van der Waals surface area contributed by atoms with Gasteiger partial charge in [0.05, 0.1) is 0 Å². The Labute approximate surface area is 155 Å². The first-order chi connectivity index (χ1) is 12.3. The minimum absolute atomic E-state index is 0.638. The van der Waals surface area contributed by atoms with Crippen molar-refractivity contribution in [3.05, 3.63) is 35.4 Å². The van der Waals surface area contributed by atoms with Crippen molar-refractivity contribution in [1.82, 2.24) is 0 Å². The highest BCUT2D eigenvalue weighted by Crippen LogP contribution is 2.41. The number of rotatable bonds is 4. The first-order valence-corrected chi connectivity index (χ1v) is 10.9. The molecule has 0 aromatic heterocycles. The zero-order chi connectivity index (χ0) is 17.5. The Morgan fingerprint density at radius 2 is 1.40 bits per heavy atom. The van der Waals surface area contributed by atoms with Crippen LogP contribution >= 0.6 is 0 Å². The molecule has 0 spiro atoms. The van der Waals surface area contributed by atoms with Crippen LogP contribution in [0.3, 0.4) is 0 Å². The van der Waals surface area contributed by atoms with Gasteiger partial charge in [-0.25, -0.2) is 0 Å². The van der Waals surface area contributed by atoms with Gasteiger partial charge in [-0.05, 0) is 80.4 Å². The van der Waals surface area contributed by atoms with E-state index in [1.54, 1.807) is 0 Å². The molecule has 0 saturated heterocycles.